The van der Waals surface area contributed by atoms with Gasteiger partial charge in [0.1, 0.15) is 5.58 Å². The maximum Gasteiger partial charge on any atom is 0.266 e. The molecule has 5 nitrogen and oxygen atoms in total. The van der Waals surface area contributed by atoms with Gasteiger partial charge in [0.25, 0.3) is 5.56 Å². The van der Waals surface area contributed by atoms with Crippen molar-refractivity contribution in [2.45, 2.75) is 24.9 Å². The molecule has 0 saturated heterocycles. The van der Waals surface area contributed by atoms with Crippen LogP contribution < -0.4 is 5.56 Å². The molecule has 0 aliphatic rings. The highest BCUT2D eigenvalue weighted by molar-refractivity contribution is 7.99. The van der Waals surface area contributed by atoms with Gasteiger partial charge in [0.05, 0.1) is 22.3 Å². The topological polar surface area (TPSA) is 65.1 Å². The zero-order valence-corrected chi connectivity index (χ0v) is 19.1. The minimum absolute atomic E-state index is 0.106. The van der Waals surface area contributed by atoms with Crippen LogP contribution in [0.5, 0.6) is 0 Å². The first-order valence-corrected chi connectivity index (χ1v) is 11.8. The van der Waals surface area contributed by atoms with Crippen LogP contribution in [0.1, 0.15) is 35.9 Å². The number of ketones is 1. The maximum atomic E-state index is 13.6. The van der Waals surface area contributed by atoms with Crippen molar-refractivity contribution in [2.75, 3.05) is 5.75 Å². The molecular weight excluding hydrogens is 432 g/mol. The van der Waals surface area contributed by atoms with E-state index in [9.17, 15) is 9.59 Å². The largest absolute Gasteiger partial charge is 0.453 e. The summed E-state index contributed by atoms with van der Waals surface area (Å²) < 4.78 is 7.36. The molecule has 0 unspecified atom stereocenters. The number of thioether (sulfide) groups is 1. The van der Waals surface area contributed by atoms with Crippen LogP contribution in [-0.2, 0) is 0 Å². The van der Waals surface area contributed by atoms with Gasteiger partial charge in [-0.05, 0) is 41.8 Å². The van der Waals surface area contributed by atoms with Crippen molar-refractivity contribution >= 4 is 39.4 Å². The molecule has 0 bridgehead atoms. The maximum absolute atomic E-state index is 13.6. The normalized spacial score (nSPS) is 11.5. The number of fused-ring (bicyclic) bond motifs is 2. The van der Waals surface area contributed by atoms with Crippen LogP contribution in [0.3, 0.4) is 0 Å². The van der Waals surface area contributed by atoms with E-state index in [1.54, 1.807) is 16.7 Å². The van der Waals surface area contributed by atoms with Gasteiger partial charge in [-0.1, -0.05) is 74.1 Å². The second-order valence-electron chi connectivity index (χ2n) is 8.13. The first kappa shape index (κ1) is 21.2. The predicted octanol–water partition coefficient (Wildman–Crippen LogP) is 6.23. The summed E-state index contributed by atoms with van der Waals surface area (Å²) in [5.41, 5.74) is 2.97. The molecule has 0 fully saturated rings. The lowest BCUT2D eigenvalue weighted by atomic mass is 10.0. The Hall–Kier alpha value is -3.64. The fourth-order valence-corrected chi connectivity index (χ4v) is 4.80. The highest BCUT2D eigenvalue weighted by atomic mass is 32.2. The summed E-state index contributed by atoms with van der Waals surface area (Å²) in [7, 11) is 0. The lowest BCUT2D eigenvalue weighted by molar-refractivity contribution is 0.0994. The van der Waals surface area contributed by atoms with Crippen LogP contribution in [0, 0.1) is 0 Å². The SMILES string of the molecule is CC(C)c1ccccc1-n1c(SCC(=O)c2cc3ccccc3o2)nc2ccccc2c1=O. The van der Waals surface area contributed by atoms with Crippen molar-refractivity contribution in [3.8, 4) is 5.69 Å². The Bertz CT molecular complexity index is 1520. The second-order valence-corrected chi connectivity index (χ2v) is 9.07. The number of rotatable bonds is 6. The number of carbonyl (C=O) groups is 1. The lowest BCUT2D eigenvalue weighted by Crippen LogP contribution is -2.23. The molecule has 3 aromatic carbocycles. The van der Waals surface area contributed by atoms with E-state index in [4.69, 9.17) is 9.40 Å². The molecular formula is C27H22N2O3S. The molecule has 0 radical (unpaired) electrons. The van der Waals surface area contributed by atoms with Gasteiger partial charge in [0.2, 0.25) is 5.78 Å². The Morgan fingerprint density at radius 1 is 1.00 bits per heavy atom. The number of benzene rings is 3. The number of furan rings is 1. The quantitative estimate of drug-likeness (QED) is 0.173. The van der Waals surface area contributed by atoms with E-state index in [2.05, 4.69) is 13.8 Å². The van der Waals surface area contributed by atoms with E-state index in [1.165, 1.54) is 11.8 Å². The third kappa shape index (κ3) is 3.98. The second kappa shape index (κ2) is 8.71. The van der Waals surface area contributed by atoms with Crippen LogP contribution in [0.25, 0.3) is 27.6 Å². The Morgan fingerprint density at radius 2 is 1.73 bits per heavy atom. The Morgan fingerprint density at radius 3 is 2.55 bits per heavy atom. The van der Waals surface area contributed by atoms with Gasteiger partial charge in [0.15, 0.2) is 10.9 Å². The molecule has 0 atom stereocenters. The van der Waals surface area contributed by atoms with Crippen LogP contribution in [0.4, 0.5) is 0 Å². The van der Waals surface area contributed by atoms with Gasteiger partial charge in [-0.2, -0.15) is 0 Å². The molecule has 164 valence electrons. The van der Waals surface area contributed by atoms with Crippen molar-refractivity contribution in [3.63, 3.8) is 0 Å². The molecule has 33 heavy (non-hydrogen) atoms. The summed E-state index contributed by atoms with van der Waals surface area (Å²) in [4.78, 5) is 31.3. The van der Waals surface area contributed by atoms with Gasteiger partial charge < -0.3 is 4.42 Å². The molecule has 2 heterocycles. The Balaban J connectivity index is 1.58. The fourth-order valence-electron chi connectivity index (χ4n) is 3.92. The molecule has 0 saturated carbocycles. The number of hydrogen-bond acceptors (Lipinski definition) is 5. The van der Waals surface area contributed by atoms with E-state index < -0.39 is 0 Å². The molecule has 0 aliphatic carbocycles. The molecule has 0 amide bonds. The van der Waals surface area contributed by atoms with Gasteiger partial charge >= 0.3 is 0 Å². The third-order valence-electron chi connectivity index (χ3n) is 5.58. The fraction of sp³-hybridized carbons (Fsp3) is 0.148. The molecule has 0 N–H and O–H groups in total. The van der Waals surface area contributed by atoms with E-state index >= 15 is 0 Å². The van der Waals surface area contributed by atoms with Crippen molar-refractivity contribution < 1.29 is 9.21 Å². The highest BCUT2D eigenvalue weighted by Crippen LogP contribution is 2.28. The van der Waals surface area contributed by atoms with Crippen LogP contribution in [0.15, 0.2) is 93.2 Å². The minimum atomic E-state index is -0.151. The van der Waals surface area contributed by atoms with Crippen LogP contribution >= 0.6 is 11.8 Å². The van der Waals surface area contributed by atoms with Gasteiger partial charge in [-0.25, -0.2) is 4.98 Å². The minimum Gasteiger partial charge on any atom is -0.453 e. The van der Waals surface area contributed by atoms with Crippen molar-refractivity contribution in [1.29, 1.82) is 0 Å². The van der Waals surface area contributed by atoms with Crippen molar-refractivity contribution in [3.05, 3.63) is 101 Å². The summed E-state index contributed by atoms with van der Waals surface area (Å²) in [6.45, 7) is 4.19. The molecule has 5 aromatic rings. The zero-order valence-electron chi connectivity index (χ0n) is 18.3. The van der Waals surface area contributed by atoms with Gasteiger partial charge in [-0.3, -0.25) is 14.2 Å². The van der Waals surface area contributed by atoms with E-state index in [1.807, 2.05) is 66.7 Å². The molecule has 6 heteroatoms. The van der Waals surface area contributed by atoms with Crippen molar-refractivity contribution in [2.24, 2.45) is 0 Å². The molecule has 0 spiro atoms. The van der Waals surface area contributed by atoms with Gasteiger partial charge in [-0.15, -0.1) is 0 Å². The smallest absolute Gasteiger partial charge is 0.266 e. The number of nitrogens with zero attached hydrogens (tertiary/aromatic N) is 2. The van der Waals surface area contributed by atoms with Crippen LogP contribution in [-0.4, -0.2) is 21.1 Å². The van der Waals surface area contributed by atoms with Crippen molar-refractivity contribution in [1.82, 2.24) is 9.55 Å². The number of carbonyl (C=O) groups excluding carboxylic acids is 1. The molecule has 0 aliphatic heterocycles. The number of hydrogen-bond donors (Lipinski definition) is 0. The summed E-state index contributed by atoms with van der Waals surface area (Å²) in [5.74, 6) is 0.479. The number of para-hydroxylation sites is 3. The van der Waals surface area contributed by atoms with Gasteiger partial charge in [0, 0.05) is 5.39 Å². The lowest BCUT2D eigenvalue weighted by Gasteiger charge is -2.18. The average Bonchev–Trinajstić information content (AvgIpc) is 3.27. The summed E-state index contributed by atoms with van der Waals surface area (Å²) in [6.07, 6.45) is 0. The number of aromatic nitrogens is 2. The summed E-state index contributed by atoms with van der Waals surface area (Å²) in [6, 6.07) is 24.4. The number of Topliss-reactive ketones (excluding diaryl/α,β-unsaturated/α-hetero) is 1. The van der Waals surface area contributed by atoms with E-state index in [0.717, 1.165) is 16.6 Å². The zero-order chi connectivity index (χ0) is 22.9. The summed E-state index contributed by atoms with van der Waals surface area (Å²) >= 11 is 1.25. The predicted molar refractivity (Wildman–Crippen MR) is 133 cm³/mol. The third-order valence-corrected chi connectivity index (χ3v) is 6.52. The standard InChI is InChI=1S/C27H22N2O3S/c1-17(2)19-10-5-7-13-22(19)29-26(31)20-11-4-6-12-21(20)28-27(29)33-16-23(30)25-15-18-9-3-8-14-24(18)32-25/h3-15,17H,16H2,1-2H3. The monoisotopic (exact) mass is 454 g/mol. The van der Waals surface area contributed by atoms with E-state index in [0.29, 0.717) is 27.4 Å². The summed E-state index contributed by atoms with van der Waals surface area (Å²) in [5, 5.41) is 1.91. The van der Waals surface area contributed by atoms with Crippen LogP contribution in [0.2, 0.25) is 0 Å². The molecule has 2 aromatic heterocycles. The Labute approximate surface area is 195 Å². The van der Waals surface area contributed by atoms with E-state index in [-0.39, 0.29) is 23.0 Å². The first-order chi connectivity index (χ1) is 16.0. The highest BCUT2D eigenvalue weighted by Gasteiger charge is 2.19. The first-order valence-electron chi connectivity index (χ1n) is 10.8. The average molecular weight is 455 g/mol. The Kier molecular flexibility index (Phi) is 5.60. The molecule has 5 rings (SSSR count).